The first-order valence-corrected chi connectivity index (χ1v) is 6.99. The lowest BCUT2D eigenvalue weighted by molar-refractivity contribution is 0.253. The van der Waals surface area contributed by atoms with Crippen molar-refractivity contribution in [3.63, 3.8) is 0 Å². The van der Waals surface area contributed by atoms with Crippen LogP contribution < -0.4 is 5.73 Å². The van der Waals surface area contributed by atoms with E-state index in [-0.39, 0.29) is 5.82 Å². The zero-order valence-electron chi connectivity index (χ0n) is 11.8. The Hall–Kier alpha value is -1.87. The Labute approximate surface area is 120 Å². The molecule has 0 bridgehead atoms. The number of nitrogen functional groups attached to an aromatic ring is 1. The summed E-state index contributed by atoms with van der Waals surface area (Å²) >= 11 is 0. The molecule has 2 rings (SSSR count). The van der Waals surface area contributed by atoms with Crippen molar-refractivity contribution < 1.29 is 4.39 Å². The van der Waals surface area contributed by atoms with Gasteiger partial charge in [0, 0.05) is 24.3 Å². The van der Waals surface area contributed by atoms with Crippen LogP contribution in [0.2, 0.25) is 0 Å². The van der Waals surface area contributed by atoms with E-state index in [4.69, 9.17) is 5.73 Å². The second kappa shape index (κ2) is 7.06. The minimum absolute atomic E-state index is 0.138. The summed E-state index contributed by atoms with van der Waals surface area (Å²) in [6.07, 6.45) is 1.04. The molecule has 0 saturated carbocycles. The van der Waals surface area contributed by atoms with Gasteiger partial charge < -0.3 is 5.73 Å². The van der Waals surface area contributed by atoms with Gasteiger partial charge in [-0.05, 0) is 36.7 Å². The average molecular weight is 272 g/mol. The van der Waals surface area contributed by atoms with E-state index in [9.17, 15) is 4.39 Å². The first kappa shape index (κ1) is 14.5. The highest BCUT2D eigenvalue weighted by molar-refractivity contribution is 5.40. The quantitative estimate of drug-likeness (QED) is 0.810. The Morgan fingerprint density at radius 2 is 1.85 bits per heavy atom. The number of halogens is 1. The molecule has 0 saturated heterocycles. The molecule has 0 radical (unpaired) electrons. The van der Waals surface area contributed by atoms with E-state index < -0.39 is 0 Å². The van der Waals surface area contributed by atoms with E-state index in [1.54, 1.807) is 6.07 Å². The zero-order valence-corrected chi connectivity index (χ0v) is 11.8. The zero-order chi connectivity index (χ0) is 14.4. The first-order valence-electron chi connectivity index (χ1n) is 6.99. The van der Waals surface area contributed by atoms with Crippen molar-refractivity contribution in [2.24, 2.45) is 0 Å². The van der Waals surface area contributed by atoms with Crippen molar-refractivity contribution in [2.75, 3.05) is 12.3 Å². The van der Waals surface area contributed by atoms with E-state index in [2.05, 4.69) is 17.9 Å². The standard InChI is InChI=1S/C17H21FN2/c1-2-10-20(12-14-6-5-8-16(19)11-14)13-15-7-3-4-9-17(15)18/h3-9,11H,2,10,12-13,19H2,1H3. The SMILES string of the molecule is CCCN(Cc1cccc(N)c1)Cc1ccccc1F. The van der Waals surface area contributed by atoms with Crippen LogP contribution in [0, 0.1) is 5.82 Å². The fraction of sp³-hybridized carbons (Fsp3) is 0.294. The molecule has 0 heterocycles. The van der Waals surface area contributed by atoms with Crippen LogP contribution in [-0.2, 0) is 13.1 Å². The molecule has 2 aromatic carbocycles. The number of benzene rings is 2. The third-order valence-corrected chi connectivity index (χ3v) is 3.25. The predicted octanol–water partition coefficient (Wildman–Crippen LogP) is 3.82. The lowest BCUT2D eigenvalue weighted by Crippen LogP contribution is -2.24. The van der Waals surface area contributed by atoms with Crippen LogP contribution in [0.5, 0.6) is 0 Å². The average Bonchev–Trinajstić information content (AvgIpc) is 2.42. The van der Waals surface area contributed by atoms with Crippen molar-refractivity contribution in [1.82, 2.24) is 4.90 Å². The minimum atomic E-state index is -0.138. The molecule has 106 valence electrons. The molecule has 3 heteroatoms. The number of nitrogens with two attached hydrogens (primary N) is 1. The summed E-state index contributed by atoms with van der Waals surface area (Å²) in [7, 11) is 0. The lowest BCUT2D eigenvalue weighted by atomic mass is 10.1. The largest absolute Gasteiger partial charge is 0.399 e. The molecule has 2 N–H and O–H groups in total. The Morgan fingerprint density at radius 3 is 2.55 bits per heavy atom. The van der Waals surface area contributed by atoms with Crippen LogP contribution in [-0.4, -0.2) is 11.4 Å². The fourth-order valence-electron chi connectivity index (χ4n) is 2.35. The molecule has 2 nitrogen and oxygen atoms in total. The normalized spacial score (nSPS) is 10.9. The van der Waals surface area contributed by atoms with Gasteiger partial charge in [-0.25, -0.2) is 4.39 Å². The maximum atomic E-state index is 13.7. The van der Waals surface area contributed by atoms with Crippen LogP contribution in [0.25, 0.3) is 0 Å². The molecule has 0 unspecified atom stereocenters. The topological polar surface area (TPSA) is 29.3 Å². The summed E-state index contributed by atoms with van der Waals surface area (Å²) in [5, 5.41) is 0. The monoisotopic (exact) mass is 272 g/mol. The maximum Gasteiger partial charge on any atom is 0.127 e. The summed E-state index contributed by atoms with van der Waals surface area (Å²) in [6.45, 7) is 4.47. The fourth-order valence-corrected chi connectivity index (χ4v) is 2.35. The minimum Gasteiger partial charge on any atom is -0.399 e. The Bertz CT molecular complexity index is 554. The summed E-state index contributed by atoms with van der Waals surface area (Å²) in [5.74, 6) is -0.138. The molecule has 0 fully saturated rings. The van der Waals surface area contributed by atoms with Gasteiger partial charge in [0.2, 0.25) is 0 Å². The van der Waals surface area contributed by atoms with Crippen molar-refractivity contribution in [1.29, 1.82) is 0 Å². The molecule has 20 heavy (non-hydrogen) atoms. The third-order valence-electron chi connectivity index (χ3n) is 3.25. The predicted molar refractivity (Wildman–Crippen MR) is 81.7 cm³/mol. The van der Waals surface area contributed by atoms with Crippen molar-refractivity contribution in [3.8, 4) is 0 Å². The van der Waals surface area contributed by atoms with Gasteiger partial charge in [0.25, 0.3) is 0 Å². The van der Waals surface area contributed by atoms with E-state index in [1.165, 1.54) is 6.07 Å². The Kier molecular flexibility index (Phi) is 5.13. The van der Waals surface area contributed by atoms with Gasteiger partial charge in [-0.2, -0.15) is 0 Å². The number of anilines is 1. The Balaban J connectivity index is 2.09. The summed E-state index contributed by atoms with van der Waals surface area (Å²) < 4.78 is 13.7. The van der Waals surface area contributed by atoms with Gasteiger partial charge in [0.1, 0.15) is 5.82 Å². The molecular formula is C17H21FN2. The third kappa shape index (κ3) is 4.07. The van der Waals surface area contributed by atoms with Crippen LogP contribution in [0.4, 0.5) is 10.1 Å². The molecule has 0 aliphatic heterocycles. The molecule has 0 atom stereocenters. The molecule has 0 aliphatic carbocycles. The number of hydrogen-bond acceptors (Lipinski definition) is 2. The van der Waals surface area contributed by atoms with Gasteiger partial charge in [0.15, 0.2) is 0 Å². The van der Waals surface area contributed by atoms with Gasteiger partial charge in [-0.1, -0.05) is 37.3 Å². The van der Waals surface area contributed by atoms with Crippen LogP contribution >= 0.6 is 0 Å². The van der Waals surface area contributed by atoms with E-state index >= 15 is 0 Å². The molecular weight excluding hydrogens is 251 g/mol. The van der Waals surface area contributed by atoms with E-state index in [0.717, 1.165) is 36.3 Å². The molecule has 0 aromatic heterocycles. The first-order chi connectivity index (χ1) is 9.69. The van der Waals surface area contributed by atoms with Crippen LogP contribution in [0.3, 0.4) is 0 Å². The van der Waals surface area contributed by atoms with Crippen molar-refractivity contribution in [3.05, 3.63) is 65.5 Å². The second-order valence-corrected chi connectivity index (χ2v) is 5.05. The Morgan fingerprint density at radius 1 is 1.05 bits per heavy atom. The van der Waals surface area contributed by atoms with Gasteiger partial charge in [0.05, 0.1) is 0 Å². The summed E-state index contributed by atoms with van der Waals surface area (Å²) in [4.78, 5) is 2.24. The maximum absolute atomic E-state index is 13.7. The van der Waals surface area contributed by atoms with Gasteiger partial charge in [-0.3, -0.25) is 4.90 Å². The summed E-state index contributed by atoms with van der Waals surface area (Å²) in [5.41, 5.74) is 8.48. The highest BCUT2D eigenvalue weighted by atomic mass is 19.1. The summed E-state index contributed by atoms with van der Waals surface area (Å²) in [6, 6.07) is 14.8. The van der Waals surface area contributed by atoms with E-state index in [1.807, 2.05) is 30.3 Å². The molecule has 0 amide bonds. The van der Waals surface area contributed by atoms with Crippen molar-refractivity contribution in [2.45, 2.75) is 26.4 Å². The lowest BCUT2D eigenvalue weighted by Gasteiger charge is -2.22. The molecule has 0 aliphatic rings. The highest BCUT2D eigenvalue weighted by Crippen LogP contribution is 2.14. The van der Waals surface area contributed by atoms with E-state index in [0.29, 0.717) is 6.54 Å². The van der Waals surface area contributed by atoms with Crippen molar-refractivity contribution >= 4 is 5.69 Å². The number of nitrogens with zero attached hydrogens (tertiary/aromatic N) is 1. The molecule has 2 aromatic rings. The van der Waals surface area contributed by atoms with Gasteiger partial charge in [-0.15, -0.1) is 0 Å². The molecule has 0 spiro atoms. The van der Waals surface area contributed by atoms with Gasteiger partial charge >= 0.3 is 0 Å². The number of hydrogen-bond donors (Lipinski definition) is 1. The van der Waals surface area contributed by atoms with Crippen LogP contribution in [0.15, 0.2) is 48.5 Å². The second-order valence-electron chi connectivity index (χ2n) is 5.05. The highest BCUT2D eigenvalue weighted by Gasteiger charge is 2.09. The number of rotatable bonds is 6. The smallest absolute Gasteiger partial charge is 0.127 e. The van der Waals surface area contributed by atoms with Crippen LogP contribution in [0.1, 0.15) is 24.5 Å².